The first-order valence-electron chi connectivity index (χ1n) is 26.1. The lowest BCUT2D eigenvalue weighted by atomic mass is 9.64. The lowest BCUT2D eigenvalue weighted by Crippen LogP contribution is -2.34. The monoisotopic (exact) mass is 765 g/mol. The Labute approximate surface area is 344 Å². The third kappa shape index (κ3) is 19.2. The zero-order valence-corrected chi connectivity index (χ0v) is 37.3. The van der Waals surface area contributed by atoms with Gasteiger partial charge in [0.05, 0.1) is 7.11 Å². The maximum Gasteiger partial charge on any atom is 0.334 e. The fourth-order valence-electron chi connectivity index (χ4n) is 12.2. The normalized spacial score (nSPS) is 24.8. The Hall–Kier alpha value is -0.790. The van der Waals surface area contributed by atoms with Gasteiger partial charge in [0.2, 0.25) is 0 Å². The topological polar surface area (TPSA) is 26.3 Å². The molecule has 320 valence electrons. The fourth-order valence-corrected chi connectivity index (χ4v) is 12.2. The van der Waals surface area contributed by atoms with Crippen molar-refractivity contribution in [2.45, 2.75) is 283 Å². The van der Waals surface area contributed by atoms with Gasteiger partial charge >= 0.3 is 5.97 Å². The third-order valence-corrected chi connectivity index (χ3v) is 15.5. The summed E-state index contributed by atoms with van der Waals surface area (Å²) in [6.45, 7) is 0. The lowest BCUT2D eigenvalue weighted by Gasteiger charge is -2.40. The minimum absolute atomic E-state index is 0.120. The first-order valence-corrected chi connectivity index (χ1v) is 26.1. The minimum atomic E-state index is 0.120. The van der Waals surface area contributed by atoms with Crippen molar-refractivity contribution in [1.82, 2.24) is 0 Å². The first-order chi connectivity index (χ1) is 27.3. The van der Waals surface area contributed by atoms with Crippen LogP contribution in [0.2, 0.25) is 0 Å². The van der Waals surface area contributed by atoms with Crippen LogP contribution in [0.15, 0.2) is 11.1 Å². The van der Waals surface area contributed by atoms with E-state index in [-0.39, 0.29) is 5.97 Å². The van der Waals surface area contributed by atoms with Crippen molar-refractivity contribution in [3.8, 4) is 0 Å². The van der Waals surface area contributed by atoms with Crippen LogP contribution in [-0.4, -0.2) is 13.1 Å². The molecule has 0 saturated heterocycles. The van der Waals surface area contributed by atoms with Crippen LogP contribution >= 0.6 is 0 Å². The van der Waals surface area contributed by atoms with E-state index >= 15 is 4.79 Å². The molecule has 0 heterocycles. The molecular weight excluding hydrogens is 669 g/mol. The van der Waals surface area contributed by atoms with Crippen molar-refractivity contribution in [2.75, 3.05) is 7.11 Å². The second kappa shape index (κ2) is 31.2. The summed E-state index contributed by atoms with van der Waals surface area (Å²) in [5, 5.41) is 0. The van der Waals surface area contributed by atoms with Gasteiger partial charge in [-0.2, -0.15) is 0 Å². The molecule has 4 saturated carbocycles. The van der Waals surface area contributed by atoms with Crippen LogP contribution in [0.5, 0.6) is 0 Å². The molecule has 4 aliphatic carbocycles. The van der Waals surface area contributed by atoms with E-state index in [4.69, 9.17) is 4.74 Å². The maximum atomic E-state index is 15.2. The Morgan fingerprint density at radius 3 is 0.745 bits per heavy atom. The summed E-state index contributed by atoms with van der Waals surface area (Å²) >= 11 is 0. The molecule has 0 radical (unpaired) electrons. The number of hydrogen-bond donors (Lipinski definition) is 0. The molecule has 0 unspecified atom stereocenters. The minimum Gasteiger partial charge on any atom is -0.466 e. The molecule has 0 amide bonds. The summed E-state index contributed by atoms with van der Waals surface area (Å²) < 4.78 is 6.19. The van der Waals surface area contributed by atoms with E-state index in [0.29, 0.717) is 29.6 Å². The van der Waals surface area contributed by atoms with Gasteiger partial charge in [-0.15, -0.1) is 0 Å². The van der Waals surface area contributed by atoms with Gasteiger partial charge in [0.1, 0.15) is 0 Å². The Morgan fingerprint density at radius 2 is 0.527 bits per heavy atom. The van der Waals surface area contributed by atoms with E-state index in [1.54, 1.807) is 12.7 Å². The highest BCUT2D eigenvalue weighted by atomic mass is 16.5. The van der Waals surface area contributed by atoms with Crippen molar-refractivity contribution >= 4 is 5.97 Å². The van der Waals surface area contributed by atoms with Gasteiger partial charge in [-0.25, -0.2) is 4.79 Å². The molecule has 4 rings (SSSR count). The van der Waals surface area contributed by atoms with Crippen LogP contribution in [0.3, 0.4) is 0 Å². The van der Waals surface area contributed by atoms with Crippen molar-refractivity contribution in [3.05, 3.63) is 11.1 Å². The average molecular weight is 765 g/mol. The summed E-state index contributed by atoms with van der Waals surface area (Å²) in [6.07, 6.45) is 61.1. The molecule has 2 nitrogen and oxygen atoms in total. The number of carbonyl (C=O) groups excluding carboxylic acids is 1. The second-order valence-electron chi connectivity index (χ2n) is 19.8. The molecule has 0 aromatic carbocycles. The van der Waals surface area contributed by atoms with Gasteiger partial charge in [0.25, 0.3) is 0 Å². The Balaban J connectivity index is 1.87. The van der Waals surface area contributed by atoms with E-state index in [1.807, 2.05) is 0 Å². The number of carbonyl (C=O) groups is 1. The Bertz CT molecular complexity index is 855. The van der Waals surface area contributed by atoms with Crippen molar-refractivity contribution in [3.63, 3.8) is 0 Å². The highest BCUT2D eigenvalue weighted by molar-refractivity contribution is 5.90. The van der Waals surface area contributed by atoms with Crippen LogP contribution in [0.25, 0.3) is 0 Å². The number of hydrogen-bond acceptors (Lipinski definition) is 2. The highest BCUT2D eigenvalue weighted by Crippen LogP contribution is 2.47. The third-order valence-electron chi connectivity index (χ3n) is 15.5. The predicted octanol–water partition coefficient (Wildman–Crippen LogP) is 17.8. The van der Waals surface area contributed by atoms with Gasteiger partial charge in [-0.05, 0) is 81.0 Å². The molecule has 0 aromatic heterocycles. The summed E-state index contributed by atoms with van der Waals surface area (Å²) in [5.74, 6) is 2.95. The molecular formula is C53H96O2. The van der Waals surface area contributed by atoms with Crippen molar-refractivity contribution in [2.24, 2.45) is 29.6 Å². The predicted molar refractivity (Wildman–Crippen MR) is 240 cm³/mol. The molecule has 0 N–H and O–H groups in total. The number of rotatable bonds is 6. The maximum absolute atomic E-state index is 15.2. The quantitative estimate of drug-likeness (QED) is 0.199. The number of ether oxygens (including phenoxy) is 1. The average Bonchev–Trinajstić information content (AvgIpc) is 3.17. The molecule has 55 heavy (non-hydrogen) atoms. The molecule has 4 fully saturated rings. The highest BCUT2D eigenvalue weighted by Gasteiger charge is 2.40. The fraction of sp³-hybridized carbons (Fsp3) is 0.943. The van der Waals surface area contributed by atoms with Crippen LogP contribution in [-0.2, 0) is 9.53 Å². The van der Waals surface area contributed by atoms with E-state index in [1.165, 1.54) is 288 Å². The van der Waals surface area contributed by atoms with E-state index < -0.39 is 0 Å². The Morgan fingerprint density at radius 1 is 0.327 bits per heavy atom. The summed E-state index contributed by atoms with van der Waals surface area (Å²) in [7, 11) is 1.76. The molecule has 0 aliphatic heterocycles. The summed E-state index contributed by atoms with van der Waals surface area (Å²) in [4.78, 5) is 15.2. The van der Waals surface area contributed by atoms with Crippen LogP contribution in [0.1, 0.15) is 283 Å². The van der Waals surface area contributed by atoms with Crippen LogP contribution < -0.4 is 0 Å². The second-order valence-corrected chi connectivity index (χ2v) is 19.8. The van der Waals surface area contributed by atoms with Gasteiger partial charge in [-0.1, -0.05) is 237 Å². The molecule has 0 aromatic rings. The largest absolute Gasteiger partial charge is 0.466 e. The van der Waals surface area contributed by atoms with E-state index in [9.17, 15) is 0 Å². The first kappa shape index (κ1) is 46.9. The van der Waals surface area contributed by atoms with Crippen molar-refractivity contribution in [1.29, 1.82) is 0 Å². The number of methoxy groups -OCH3 is 1. The Kier molecular flexibility index (Phi) is 26.6. The lowest BCUT2D eigenvalue weighted by molar-refractivity contribution is -0.137. The van der Waals surface area contributed by atoms with Gasteiger partial charge < -0.3 is 4.74 Å². The van der Waals surface area contributed by atoms with E-state index in [0.717, 1.165) is 0 Å². The SMILES string of the molecule is COC(=O)C(=C(C1CCCCCCCCCCC1)C1CCCCCCCCCCC1)C(C1CCCCCCCCCCC1)C1CCCCCCCCCCC1. The van der Waals surface area contributed by atoms with Crippen molar-refractivity contribution < 1.29 is 9.53 Å². The van der Waals surface area contributed by atoms with Crippen LogP contribution in [0.4, 0.5) is 0 Å². The van der Waals surface area contributed by atoms with Gasteiger partial charge in [0.15, 0.2) is 0 Å². The van der Waals surface area contributed by atoms with Gasteiger partial charge in [-0.3, -0.25) is 0 Å². The smallest absolute Gasteiger partial charge is 0.334 e. The van der Waals surface area contributed by atoms with Crippen LogP contribution in [0, 0.1) is 29.6 Å². The zero-order chi connectivity index (χ0) is 38.4. The summed E-state index contributed by atoms with van der Waals surface area (Å²) in [6, 6.07) is 0. The zero-order valence-electron chi connectivity index (χ0n) is 37.3. The number of esters is 1. The molecule has 0 atom stereocenters. The van der Waals surface area contributed by atoms with E-state index in [2.05, 4.69) is 0 Å². The number of allylic oxidation sites excluding steroid dienone is 1. The standard InChI is InChI=1S/C53H96O2/c1-55-53(54)52(50(46-38-30-22-14-6-2-7-15-23-31-39-46)47-40-32-24-16-8-3-9-17-25-33-41-47)51(48-42-34-26-18-10-4-11-19-27-35-43-48)49-44-36-28-20-12-5-13-21-29-37-45-49/h46-50H,2-45H2,1H3. The molecule has 0 spiro atoms. The molecule has 2 heteroatoms. The molecule has 4 aliphatic rings. The summed E-state index contributed by atoms with van der Waals surface area (Å²) in [5.41, 5.74) is 3.02. The molecule has 0 bridgehead atoms. The van der Waals surface area contributed by atoms with Gasteiger partial charge in [0, 0.05) is 5.57 Å².